The summed E-state index contributed by atoms with van der Waals surface area (Å²) in [6.45, 7) is 4.63. The van der Waals surface area contributed by atoms with Gasteiger partial charge in [-0.2, -0.15) is 0 Å². The first-order valence-corrected chi connectivity index (χ1v) is 11.7. The summed E-state index contributed by atoms with van der Waals surface area (Å²) in [5.74, 6) is -0.0842. The van der Waals surface area contributed by atoms with E-state index in [1.165, 1.54) is 22.7 Å². The summed E-state index contributed by atoms with van der Waals surface area (Å²) in [4.78, 5) is 31.0. The minimum Gasteiger partial charge on any atom is -0.377 e. The second-order valence-corrected chi connectivity index (χ2v) is 9.23. The Balaban J connectivity index is 1.90. The summed E-state index contributed by atoms with van der Waals surface area (Å²) in [6, 6.07) is 13.4. The summed E-state index contributed by atoms with van der Waals surface area (Å²) in [5.41, 5.74) is 2.74. The molecule has 0 saturated carbocycles. The lowest BCUT2D eigenvalue weighted by Gasteiger charge is -2.30. The van der Waals surface area contributed by atoms with Crippen LogP contribution in [0.2, 0.25) is 0 Å². The van der Waals surface area contributed by atoms with Crippen LogP contribution in [-0.2, 0) is 6.54 Å². The molecular weight excluding hydrogens is 414 g/mol. The average molecular weight is 442 g/mol. The third kappa shape index (κ3) is 5.09. The Hall–Kier alpha value is -2.64. The van der Waals surface area contributed by atoms with Crippen LogP contribution in [0, 0.1) is 0 Å². The van der Waals surface area contributed by atoms with Crippen LogP contribution in [0.15, 0.2) is 53.2 Å². The average Bonchev–Trinajstić information content (AvgIpc) is 3.45. The summed E-state index contributed by atoms with van der Waals surface area (Å²) in [5, 5.41) is 6.78. The van der Waals surface area contributed by atoms with Gasteiger partial charge in [-0.25, -0.2) is 0 Å². The van der Waals surface area contributed by atoms with E-state index in [-0.39, 0.29) is 17.9 Å². The molecule has 30 heavy (non-hydrogen) atoms. The lowest BCUT2D eigenvalue weighted by Crippen LogP contribution is -2.37. The van der Waals surface area contributed by atoms with Gasteiger partial charge in [-0.3, -0.25) is 9.59 Å². The van der Waals surface area contributed by atoms with Crippen LogP contribution < -0.4 is 10.2 Å². The zero-order valence-corrected chi connectivity index (χ0v) is 19.3. The van der Waals surface area contributed by atoms with E-state index in [1.54, 1.807) is 6.07 Å². The first kappa shape index (κ1) is 22.1. The first-order chi connectivity index (χ1) is 14.4. The fourth-order valence-electron chi connectivity index (χ4n) is 3.20. The van der Waals surface area contributed by atoms with Crippen molar-refractivity contribution >= 4 is 45.9 Å². The largest absolute Gasteiger partial charge is 0.377 e. The summed E-state index contributed by atoms with van der Waals surface area (Å²) < 4.78 is 0. The van der Waals surface area contributed by atoms with Gasteiger partial charge in [0.25, 0.3) is 11.8 Å². The maximum absolute atomic E-state index is 13.2. The highest BCUT2D eigenvalue weighted by Gasteiger charge is 2.23. The normalized spacial score (nSPS) is 11.7. The number of carbonyl (C=O) groups excluding carboxylic acids is 2. The van der Waals surface area contributed by atoms with E-state index in [2.05, 4.69) is 19.2 Å². The molecule has 2 amide bonds. The number of hydrogen-bond donors (Lipinski definition) is 1. The molecule has 5 nitrogen and oxygen atoms in total. The van der Waals surface area contributed by atoms with E-state index < -0.39 is 0 Å². The Labute approximate surface area is 186 Å². The fourth-order valence-corrected chi connectivity index (χ4v) is 4.50. The smallest absolute Gasteiger partial charge is 0.265 e. The van der Waals surface area contributed by atoms with E-state index in [4.69, 9.17) is 0 Å². The van der Waals surface area contributed by atoms with Crippen molar-refractivity contribution in [2.45, 2.75) is 32.9 Å². The lowest BCUT2D eigenvalue weighted by molar-refractivity contribution is 0.0676. The molecule has 2 aromatic heterocycles. The molecular formula is C23H27N3O2S2. The van der Waals surface area contributed by atoms with Gasteiger partial charge in [-0.05, 0) is 60.0 Å². The molecule has 0 aliphatic carbocycles. The minimum absolute atomic E-state index is 0.0390. The van der Waals surface area contributed by atoms with Crippen LogP contribution in [-0.4, -0.2) is 36.9 Å². The quantitative estimate of drug-likeness (QED) is 0.497. The molecule has 0 unspecified atom stereocenters. The van der Waals surface area contributed by atoms with Gasteiger partial charge in [0, 0.05) is 38.1 Å². The Morgan fingerprint density at radius 1 is 1.03 bits per heavy atom. The minimum atomic E-state index is -0.123. The van der Waals surface area contributed by atoms with Crippen molar-refractivity contribution in [2.24, 2.45) is 0 Å². The zero-order chi connectivity index (χ0) is 21.7. The van der Waals surface area contributed by atoms with Crippen LogP contribution in [0.5, 0.6) is 0 Å². The first-order valence-electron chi connectivity index (χ1n) is 9.90. The third-order valence-electron chi connectivity index (χ3n) is 5.02. The number of thiophene rings is 2. The fraction of sp³-hybridized carbons (Fsp3) is 0.304. The molecule has 0 saturated heterocycles. The molecule has 0 bridgehead atoms. The monoisotopic (exact) mass is 441 g/mol. The topological polar surface area (TPSA) is 52.7 Å². The van der Waals surface area contributed by atoms with Crippen LogP contribution in [0.3, 0.4) is 0 Å². The van der Waals surface area contributed by atoms with Crippen molar-refractivity contribution in [3.05, 3.63) is 68.5 Å². The Kier molecular flexibility index (Phi) is 7.29. The summed E-state index contributed by atoms with van der Waals surface area (Å²) >= 11 is 2.87. The van der Waals surface area contributed by atoms with Gasteiger partial charge < -0.3 is 15.1 Å². The van der Waals surface area contributed by atoms with E-state index in [0.717, 1.165) is 28.2 Å². The van der Waals surface area contributed by atoms with Gasteiger partial charge in [0.2, 0.25) is 0 Å². The van der Waals surface area contributed by atoms with Gasteiger partial charge >= 0.3 is 0 Å². The third-order valence-corrected chi connectivity index (χ3v) is 6.75. The second kappa shape index (κ2) is 9.91. The van der Waals surface area contributed by atoms with E-state index >= 15 is 0 Å². The lowest BCUT2D eigenvalue weighted by atomic mass is 10.1. The van der Waals surface area contributed by atoms with Gasteiger partial charge in [-0.1, -0.05) is 19.1 Å². The van der Waals surface area contributed by atoms with E-state index in [9.17, 15) is 9.59 Å². The predicted octanol–water partition coefficient (Wildman–Crippen LogP) is 5.57. The van der Waals surface area contributed by atoms with Gasteiger partial charge in [0.1, 0.15) is 0 Å². The standard InChI is InChI=1S/C23H27N3O2S2/c1-5-16(2)26(23(28)21-9-7-13-30-21)15-17-14-18(10-11-19(17)25(3)4)24-22(27)20-8-6-12-29-20/h6-14,16H,5,15H2,1-4H3,(H,24,27)/t16-/m1/s1. The molecule has 0 fully saturated rings. The summed E-state index contributed by atoms with van der Waals surface area (Å²) in [7, 11) is 3.97. The Bertz CT molecular complexity index is 982. The number of carbonyl (C=O) groups is 2. The molecule has 0 spiro atoms. The number of amides is 2. The number of hydrogen-bond acceptors (Lipinski definition) is 5. The second-order valence-electron chi connectivity index (χ2n) is 7.34. The van der Waals surface area contributed by atoms with Crippen molar-refractivity contribution in [1.29, 1.82) is 0 Å². The molecule has 3 aromatic rings. The molecule has 1 aromatic carbocycles. The van der Waals surface area contributed by atoms with Crippen LogP contribution >= 0.6 is 22.7 Å². The predicted molar refractivity (Wildman–Crippen MR) is 127 cm³/mol. The van der Waals surface area contributed by atoms with Crippen molar-refractivity contribution in [2.75, 3.05) is 24.3 Å². The van der Waals surface area contributed by atoms with E-state index in [1.807, 2.05) is 71.1 Å². The van der Waals surface area contributed by atoms with Gasteiger partial charge in [-0.15, -0.1) is 22.7 Å². The molecule has 3 rings (SSSR count). The van der Waals surface area contributed by atoms with Crippen LogP contribution in [0.4, 0.5) is 11.4 Å². The molecule has 1 atom stereocenters. The number of benzene rings is 1. The van der Waals surface area contributed by atoms with Gasteiger partial charge in [0.05, 0.1) is 9.75 Å². The Morgan fingerprint density at radius 2 is 1.70 bits per heavy atom. The number of nitrogens with zero attached hydrogens (tertiary/aromatic N) is 2. The van der Waals surface area contributed by atoms with Crippen LogP contribution in [0.25, 0.3) is 0 Å². The molecule has 7 heteroatoms. The van der Waals surface area contributed by atoms with E-state index in [0.29, 0.717) is 11.4 Å². The van der Waals surface area contributed by atoms with Crippen molar-refractivity contribution < 1.29 is 9.59 Å². The van der Waals surface area contributed by atoms with Crippen molar-refractivity contribution in [1.82, 2.24) is 4.90 Å². The highest BCUT2D eigenvalue weighted by Crippen LogP contribution is 2.27. The number of rotatable bonds is 8. The highest BCUT2D eigenvalue weighted by molar-refractivity contribution is 7.12. The highest BCUT2D eigenvalue weighted by atomic mass is 32.1. The molecule has 0 aliphatic heterocycles. The van der Waals surface area contributed by atoms with Crippen molar-refractivity contribution in [3.63, 3.8) is 0 Å². The zero-order valence-electron chi connectivity index (χ0n) is 17.7. The molecule has 158 valence electrons. The Morgan fingerprint density at radius 3 is 2.27 bits per heavy atom. The maximum Gasteiger partial charge on any atom is 0.265 e. The molecule has 2 heterocycles. The van der Waals surface area contributed by atoms with Crippen LogP contribution in [0.1, 0.15) is 45.2 Å². The van der Waals surface area contributed by atoms with Crippen molar-refractivity contribution in [3.8, 4) is 0 Å². The molecule has 1 N–H and O–H groups in total. The maximum atomic E-state index is 13.2. The summed E-state index contributed by atoms with van der Waals surface area (Å²) in [6.07, 6.45) is 0.864. The number of nitrogens with one attached hydrogen (secondary N) is 1. The molecule has 0 aliphatic rings. The molecule has 0 radical (unpaired) electrons. The number of anilines is 2. The SMILES string of the molecule is CC[C@@H](C)N(Cc1cc(NC(=O)c2cccs2)ccc1N(C)C)C(=O)c1cccs1. The van der Waals surface area contributed by atoms with Gasteiger partial charge in [0.15, 0.2) is 0 Å².